The Kier molecular flexibility index (Phi) is 4.89. The average Bonchev–Trinajstić information content (AvgIpc) is 3.04. The van der Waals surface area contributed by atoms with Crippen molar-refractivity contribution in [1.29, 1.82) is 0 Å². The van der Waals surface area contributed by atoms with Gasteiger partial charge in [0, 0.05) is 38.1 Å². The second kappa shape index (κ2) is 7.40. The second-order valence-corrected chi connectivity index (χ2v) is 8.33. The first-order chi connectivity index (χ1) is 14.2. The van der Waals surface area contributed by atoms with E-state index in [4.69, 9.17) is 10.5 Å². The van der Waals surface area contributed by atoms with Crippen LogP contribution in [0, 0.1) is 0 Å². The van der Waals surface area contributed by atoms with Crippen LogP contribution in [0.3, 0.4) is 0 Å². The number of nitrogen functional groups attached to an aromatic ring is 1. The summed E-state index contributed by atoms with van der Waals surface area (Å²) in [5.74, 6) is 0.294. The zero-order chi connectivity index (χ0) is 21.5. The molecule has 1 saturated heterocycles. The number of nitrogens with one attached hydrogen (secondary N) is 1. The Bertz CT molecular complexity index is 1120. The van der Waals surface area contributed by atoms with E-state index in [0.29, 0.717) is 43.0 Å². The van der Waals surface area contributed by atoms with Crippen molar-refractivity contribution in [3.63, 3.8) is 0 Å². The fraction of sp³-hybridized carbons (Fsp3) is 0.381. The van der Waals surface area contributed by atoms with Crippen LogP contribution in [-0.2, 0) is 4.74 Å². The molecule has 0 bridgehead atoms. The number of pyridine rings is 1. The molecule has 3 N–H and O–H groups in total. The summed E-state index contributed by atoms with van der Waals surface area (Å²) in [5.41, 5.74) is 8.11. The van der Waals surface area contributed by atoms with Gasteiger partial charge >= 0.3 is 11.8 Å². The van der Waals surface area contributed by atoms with Gasteiger partial charge in [0.25, 0.3) is 0 Å². The lowest BCUT2D eigenvalue weighted by atomic mass is 10.2. The number of carbonyl (C=O) groups is 1. The lowest BCUT2D eigenvalue weighted by molar-refractivity contribution is 0.0240. The van der Waals surface area contributed by atoms with Gasteiger partial charge in [-0.15, -0.1) is 0 Å². The summed E-state index contributed by atoms with van der Waals surface area (Å²) in [5, 5.41) is 0. The number of nitrogens with two attached hydrogens (primary N) is 1. The SMILES string of the molecule is CC(C)(C)OC(=O)N1CCN(c2ccc(-n3c(=O)[nH]c4c(N)nccc43)cc2)CC1. The summed E-state index contributed by atoms with van der Waals surface area (Å²) in [4.78, 5) is 35.4. The van der Waals surface area contributed by atoms with E-state index in [-0.39, 0.29) is 11.8 Å². The monoisotopic (exact) mass is 410 g/mol. The third-order valence-corrected chi connectivity index (χ3v) is 5.04. The van der Waals surface area contributed by atoms with Crippen LogP contribution >= 0.6 is 0 Å². The molecule has 1 amide bonds. The van der Waals surface area contributed by atoms with Crippen LogP contribution in [0.25, 0.3) is 16.7 Å². The number of H-pyrrole nitrogens is 1. The largest absolute Gasteiger partial charge is 0.444 e. The second-order valence-electron chi connectivity index (χ2n) is 8.33. The number of hydrogen-bond donors (Lipinski definition) is 2. The van der Waals surface area contributed by atoms with E-state index in [1.807, 2.05) is 45.0 Å². The molecule has 158 valence electrons. The molecule has 0 radical (unpaired) electrons. The Morgan fingerprint density at radius 2 is 1.70 bits per heavy atom. The van der Waals surface area contributed by atoms with Crippen LogP contribution in [-0.4, -0.2) is 57.3 Å². The van der Waals surface area contributed by atoms with Gasteiger partial charge in [0.05, 0.1) is 11.2 Å². The topological polar surface area (TPSA) is 109 Å². The van der Waals surface area contributed by atoms with Crippen LogP contribution in [0.15, 0.2) is 41.3 Å². The smallest absolute Gasteiger partial charge is 0.410 e. The van der Waals surface area contributed by atoms with Crippen molar-refractivity contribution < 1.29 is 9.53 Å². The standard InChI is InChI=1S/C21H26N6O3/c1-21(2,3)30-20(29)26-12-10-25(11-13-26)14-4-6-15(7-5-14)27-16-8-9-23-18(22)17(16)24-19(27)28/h4-9H,10-13H2,1-3H3,(H2,22,23)(H,24,28). The van der Waals surface area contributed by atoms with Crippen molar-refractivity contribution in [2.75, 3.05) is 36.8 Å². The predicted molar refractivity (Wildman–Crippen MR) is 116 cm³/mol. The minimum Gasteiger partial charge on any atom is -0.444 e. The molecule has 1 aromatic carbocycles. The normalized spacial score (nSPS) is 14.9. The lowest BCUT2D eigenvalue weighted by Gasteiger charge is -2.36. The molecule has 2 aromatic heterocycles. The zero-order valence-electron chi connectivity index (χ0n) is 17.4. The predicted octanol–water partition coefficient (Wildman–Crippen LogP) is 2.35. The first-order valence-corrected chi connectivity index (χ1v) is 9.91. The zero-order valence-corrected chi connectivity index (χ0v) is 17.4. The fourth-order valence-electron chi connectivity index (χ4n) is 3.60. The van der Waals surface area contributed by atoms with Crippen LogP contribution in [0.2, 0.25) is 0 Å². The van der Waals surface area contributed by atoms with E-state index in [9.17, 15) is 9.59 Å². The number of aromatic nitrogens is 3. The number of piperazine rings is 1. The van der Waals surface area contributed by atoms with Crippen molar-refractivity contribution in [2.45, 2.75) is 26.4 Å². The van der Waals surface area contributed by atoms with Gasteiger partial charge in [-0.2, -0.15) is 0 Å². The Morgan fingerprint density at radius 3 is 2.33 bits per heavy atom. The highest BCUT2D eigenvalue weighted by atomic mass is 16.6. The molecule has 0 saturated carbocycles. The van der Waals surface area contributed by atoms with Crippen molar-refractivity contribution >= 4 is 28.6 Å². The van der Waals surface area contributed by atoms with Crippen molar-refractivity contribution in [2.24, 2.45) is 0 Å². The van der Waals surface area contributed by atoms with E-state index in [1.54, 1.807) is 21.7 Å². The summed E-state index contributed by atoms with van der Waals surface area (Å²) in [6.07, 6.45) is 1.31. The Labute approximate surface area is 174 Å². The van der Waals surface area contributed by atoms with E-state index in [0.717, 1.165) is 11.4 Å². The number of benzene rings is 1. The van der Waals surface area contributed by atoms with Gasteiger partial charge < -0.3 is 25.3 Å². The highest BCUT2D eigenvalue weighted by Crippen LogP contribution is 2.22. The number of anilines is 2. The minimum absolute atomic E-state index is 0.261. The number of aromatic amines is 1. The fourth-order valence-corrected chi connectivity index (χ4v) is 3.60. The molecule has 0 spiro atoms. The number of nitrogens with zero attached hydrogens (tertiary/aromatic N) is 4. The molecule has 9 nitrogen and oxygen atoms in total. The number of hydrogen-bond acceptors (Lipinski definition) is 6. The quantitative estimate of drug-likeness (QED) is 0.671. The number of fused-ring (bicyclic) bond motifs is 1. The number of imidazole rings is 1. The maximum absolute atomic E-state index is 12.4. The molecule has 0 unspecified atom stereocenters. The molecular weight excluding hydrogens is 384 g/mol. The molecule has 3 heterocycles. The van der Waals surface area contributed by atoms with Gasteiger partial charge in [0.1, 0.15) is 16.9 Å². The van der Waals surface area contributed by atoms with Crippen LogP contribution in [0.4, 0.5) is 16.3 Å². The summed E-state index contributed by atoms with van der Waals surface area (Å²) < 4.78 is 7.03. The summed E-state index contributed by atoms with van der Waals surface area (Å²) in [6, 6.07) is 9.53. The number of ether oxygens (including phenoxy) is 1. The lowest BCUT2D eigenvalue weighted by Crippen LogP contribution is -2.50. The number of rotatable bonds is 2. The van der Waals surface area contributed by atoms with E-state index in [2.05, 4.69) is 14.9 Å². The van der Waals surface area contributed by atoms with Gasteiger partial charge in [-0.25, -0.2) is 14.6 Å². The third kappa shape index (κ3) is 3.83. The Morgan fingerprint density at radius 1 is 1.07 bits per heavy atom. The van der Waals surface area contributed by atoms with Crippen LogP contribution in [0.1, 0.15) is 20.8 Å². The summed E-state index contributed by atoms with van der Waals surface area (Å²) in [6.45, 7) is 8.24. The number of amides is 1. The number of carbonyl (C=O) groups excluding carboxylic acids is 1. The summed E-state index contributed by atoms with van der Waals surface area (Å²) >= 11 is 0. The molecular formula is C21H26N6O3. The van der Waals surface area contributed by atoms with Crippen molar-refractivity contribution in [1.82, 2.24) is 19.4 Å². The van der Waals surface area contributed by atoms with E-state index in [1.165, 1.54) is 0 Å². The highest BCUT2D eigenvalue weighted by molar-refractivity contribution is 5.85. The van der Waals surface area contributed by atoms with E-state index < -0.39 is 5.60 Å². The molecule has 30 heavy (non-hydrogen) atoms. The van der Waals surface area contributed by atoms with Crippen LogP contribution < -0.4 is 16.3 Å². The van der Waals surface area contributed by atoms with Gasteiger partial charge in [-0.1, -0.05) is 0 Å². The van der Waals surface area contributed by atoms with Crippen molar-refractivity contribution in [3.05, 3.63) is 47.0 Å². The molecule has 3 aromatic rings. The minimum atomic E-state index is -0.495. The van der Waals surface area contributed by atoms with Gasteiger partial charge in [-0.3, -0.25) is 4.57 Å². The Balaban J connectivity index is 1.48. The van der Waals surface area contributed by atoms with Gasteiger partial charge in [-0.05, 0) is 51.1 Å². The Hall–Kier alpha value is -3.49. The van der Waals surface area contributed by atoms with Gasteiger partial charge in [0.2, 0.25) is 0 Å². The first-order valence-electron chi connectivity index (χ1n) is 9.91. The average molecular weight is 410 g/mol. The van der Waals surface area contributed by atoms with Crippen molar-refractivity contribution in [3.8, 4) is 5.69 Å². The molecule has 0 aliphatic carbocycles. The molecule has 0 atom stereocenters. The first kappa shape index (κ1) is 19.8. The maximum atomic E-state index is 12.4. The molecule has 1 aliphatic rings. The molecule has 1 aliphatic heterocycles. The maximum Gasteiger partial charge on any atom is 0.410 e. The van der Waals surface area contributed by atoms with Gasteiger partial charge in [0.15, 0.2) is 0 Å². The molecule has 9 heteroatoms. The highest BCUT2D eigenvalue weighted by Gasteiger charge is 2.26. The van der Waals surface area contributed by atoms with E-state index >= 15 is 0 Å². The molecule has 4 rings (SSSR count). The molecule has 1 fully saturated rings. The third-order valence-electron chi connectivity index (χ3n) is 5.04. The summed E-state index contributed by atoms with van der Waals surface area (Å²) in [7, 11) is 0. The van der Waals surface area contributed by atoms with Crippen LogP contribution in [0.5, 0.6) is 0 Å².